The molecule has 1 aliphatic heterocycles. The summed E-state index contributed by atoms with van der Waals surface area (Å²) in [7, 11) is 3.85. The molecule has 7 nitrogen and oxygen atoms in total. The lowest BCUT2D eigenvalue weighted by Gasteiger charge is -2.27. The van der Waals surface area contributed by atoms with Gasteiger partial charge in [0.15, 0.2) is 0 Å². The standard InChI is InChI=1S/C23H19N3O4/c1-14-19(13-15-5-9-17(10-6-15)25(3)4)21(27)26(22(28)20(14)24-2)18-11-7-16(8-12-18)23(29)30/h5-13H,1,3-4H3,(H,29,30)/b19-13-. The van der Waals surface area contributed by atoms with Crippen LogP contribution in [-0.2, 0) is 9.59 Å². The molecule has 0 radical (unpaired) electrons. The molecule has 30 heavy (non-hydrogen) atoms. The number of benzene rings is 2. The third-order valence-corrected chi connectivity index (χ3v) is 4.80. The predicted molar refractivity (Wildman–Crippen MR) is 114 cm³/mol. The van der Waals surface area contributed by atoms with Gasteiger partial charge in [0.25, 0.3) is 17.5 Å². The van der Waals surface area contributed by atoms with E-state index >= 15 is 0 Å². The number of nitrogens with zero attached hydrogens (tertiary/aromatic N) is 3. The van der Waals surface area contributed by atoms with Gasteiger partial charge in [0.1, 0.15) is 0 Å². The van der Waals surface area contributed by atoms with Crippen LogP contribution in [0.4, 0.5) is 11.4 Å². The smallest absolute Gasteiger partial charge is 0.335 e. The first-order valence-corrected chi connectivity index (χ1v) is 9.04. The van der Waals surface area contributed by atoms with E-state index in [1.807, 2.05) is 43.3 Å². The summed E-state index contributed by atoms with van der Waals surface area (Å²) in [6, 6.07) is 12.9. The van der Waals surface area contributed by atoms with Crippen LogP contribution in [-0.4, -0.2) is 37.0 Å². The van der Waals surface area contributed by atoms with Crippen molar-refractivity contribution in [2.45, 2.75) is 6.92 Å². The predicted octanol–water partition coefficient (Wildman–Crippen LogP) is 3.60. The Morgan fingerprint density at radius 2 is 1.63 bits per heavy atom. The Morgan fingerprint density at radius 3 is 2.13 bits per heavy atom. The summed E-state index contributed by atoms with van der Waals surface area (Å²) in [5, 5.41) is 9.06. The summed E-state index contributed by atoms with van der Waals surface area (Å²) in [5.74, 6) is -2.41. The molecule has 0 unspecified atom stereocenters. The number of anilines is 2. The molecule has 0 aromatic heterocycles. The first-order chi connectivity index (χ1) is 14.2. The minimum absolute atomic E-state index is 0.0320. The van der Waals surface area contributed by atoms with Gasteiger partial charge in [-0.15, -0.1) is 0 Å². The molecule has 0 saturated heterocycles. The van der Waals surface area contributed by atoms with Crippen molar-refractivity contribution in [2.24, 2.45) is 0 Å². The molecule has 3 rings (SSSR count). The molecule has 1 aliphatic rings. The molecular weight excluding hydrogens is 382 g/mol. The maximum Gasteiger partial charge on any atom is 0.335 e. The summed E-state index contributed by atoms with van der Waals surface area (Å²) in [4.78, 5) is 43.3. The van der Waals surface area contributed by atoms with E-state index < -0.39 is 17.8 Å². The summed E-state index contributed by atoms with van der Waals surface area (Å²) < 4.78 is 0. The zero-order valence-electron chi connectivity index (χ0n) is 16.7. The topological polar surface area (TPSA) is 82.3 Å². The van der Waals surface area contributed by atoms with E-state index in [1.165, 1.54) is 24.3 Å². The number of rotatable bonds is 4. The highest BCUT2D eigenvalue weighted by molar-refractivity contribution is 6.31. The molecular formula is C23H19N3O4. The largest absolute Gasteiger partial charge is 0.478 e. The number of hydrogen-bond donors (Lipinski definition) is 1. The normalized spacial score (nSPS) is 15.4. The quantitative estimate of drug-likeness (QED) is 0.481. The highest BCUT2D eigenvalue weighted by Gasteiger charge is 2.36. The Balaban J connectivity index is 2.08. The van der Waals surface area contributed by atoms with Crippen LogP contribution in [0.2, 0.25) is 0 Å². The molecule has 1 N–H and O–H groups in total. The van der Waals surface area contributed by atoms with Crippen LogP contribution in [0.1, 0.15) is 22.8 Å². The first-order valence-electron chi connectivity index (χ1n) is 9.04. The minimum atomic E-state index is -1.11. The number of aromatic carboxylic acids is 1. The lowest BCUT2D eigenvalue weighted by molar-refractivity contribution is -0.123. The average Bonchev–Trinajstić information content (AvgIpc) is 2.72. The van der Waals surface area contributed by atoms with E-state index in [4.69, 9.17) is 11.7 Å². The number of carboxylic acid groups (broad SMARTS) is 1. The van der Waals surface area contributed by atoms with Gasteiger partial charge in [-0.2, -0.15) is 0 Å². The van der Waals surface area contributed by atoms with E-state index in [0.29, 0.717) is 5.57 Å². The Morgan fingerprint density at radius 1 is 1.03 bits per heavy atom. The molecule has 0 saturated carbocycles. The monoisotopic (exact) mass is 401 g/mol. The Kier molecular flexibility index (Phi) is 5.52. The number of carbonyl (C=O) groups excluding carboxylic acids is 2. The molecule has 150 valence electrons. The van der Waals surface area contributed by atoms with Gasteiger partial charge < -0.3 is 10.0 Å². The van der Waals surface area contributed by atoms with E-state index in [2.05, 4.69) is 4.85 Å². The van der Waals surface area contributed by atoms with Gasteiger partial charge in [-0.05, 0) is 60.5 Å². The van der Waals surface area contributed by atoms with Gasteiger partial charge in [-0.3, -0.25) is 14.5 Å². The SMILES string of the molecule is [C-]#[N+]C1=C(C)/C(=C/c2ccc(N(C)C)cc2)C(=O)N(c2ccc(C(=O)O)cc2)C1=O. The van der Waals surface area contributed by atoms with E-state index in [0.717, 1.165) is 16.2 Å². The highest BCUT2D eigenvalue weighted by atomic mass is 16.4. The summed E-state index contributed by atoms with van der Waals surface area (Å²) in [6.07, 6.45) is 1.65. The van der Waals surface area contributed by atoms with Gasteiger partial charge in [0.2, 0.25) is 0 Å². The van der Waals surface area contributed by atoms with Crippen molar-refractivity contribution in [3.8, 4) is 0 Å². The molecule has 2 aromatic carbocycles. The average molecular weight is 401 g/mol. The van der Waals surface area contributed by atoms with Crippen LogP contribution in [0.5, 0.6) is 0 Å². The molecule has 0 aliphatic carbocycles. The highest BCUT2D eigenvalue weighted by Crippen LogP contribution is 2.31. The zero-order valence-corrected chi connectivity index (χ0v) is 16.7. The Hall–Kier alpha value is -4.18. The van der Waals surface area contributed by atoms with Gasteiger partial charge in [-0.25, -0.2) is 9.64 Å². The van der Waals surface area contributed by atoms with Crippen molar-refractivity contribution >= 4 is 35.2 Å². The number of hydrogen-bond acceptors (Lipinski definition) is 4. The maximum atomic E-state index is 13.2. The molecule has 7 heteroatoms. The second kappa shape index (κ2) is 8.05. The van der Waals surface area contributed by atoms with Crippen LogP contribution >= 0.6 is 0 Å². The Labute approximate surface area is 174 Å². The second-order valence-corrected chi connectivity index (χ2v) is 6.93. The van der Waals surface area contributed by atoms with Crippen molar-refractivity contribution in [3.63, 3.8) is 0 Å². The molecule has 2 aromatic rings. The lowest BCUT2D eigenvalue weighted by Crippen LogP contribution is -2.42. The van der Waals surface area contributed by atoms with Crippen LogP contribution < -0.4 is 9.80 Å². The Bertz CT molecular complexity index is 1130. The van der Waals surface area contributed by atoms with Crippen molar-refractivity contribution in [1.82, 2.24) is 0 Å². The molecule has 0 atom stereocenters. The zero-order chi connectivity index (χ0) is 22.0. The van der Waals surface area contributed by atoms with Crippen molar-refractivity contribution in [3.05, 3.63) is 87.9 Å². The number of imide groups is 1. The van der Waals surface area contributed by atoms with E-state index in [9.17, 15) is 14.4 Å². The molecule has 2 amide bonds. The number of carbonyl (C=O) groups is 3. The summed E-state index contributed by atoms with van der Waals surface area (Å²) in [6.45, 7) is 8.99. The van der Waals surface area contributed by atoms with Crippen LogP contribution in [0.3, 0.4) is 0 Å². The van der Waals surface area contributed by atoms with E-state index in [1.54, 1.807) is 13.0 Å². The van der Waals surface area contributed by atoms with Crippen LogP contribution in [0.15, 0.2) is 65.4 Å². The van der Waals surface area contributed by atoms with Crippen molar-refractivity contribution < 1.29 is 19.5 Å². The van der Waals surface area contributed by atoms with Crippen LogP contribution in [0.25, 0.3) is 10.9 Å². The third-order valence-electron chi connectivity index (χ3n) is 4.80. The van der Waals surface area contributed by atoms with Crippen molar-refractivity contribution in [2.75, 3.05) is 23.9 Å². The second-order valence-electron chi connectivity index (χ2n) is 6.93. The fourth-order valence-electron chi connectivity index (χ4n) is 3.09. The summed E-state index contributed by atoms with van der Waals surface area (Å²) >= 11 is 0. The first kappa shape index (κ1) is 20.6. The lowest BCUT2D eigenvalue weighted by atomic mass is 9.96. The summed E-state index contributed by atoms with van der Waals surface area (Å²) in [5.41, 5.74) is 2.39. The molecule has 0 fully saturated rings. The molecule has 0 spiro atoms. The number of amides is 2. The van der Waals surface area contributed by atoms with Crippen LogP contribution in [0, 0.1) is 6.57 Å². The molecule has 0 bridgehead atoms. The van der Waals surface area contributed by atoms with Gasteiger partial charge in [-0.1, -0.05) is 12.1 Å². The fourth-order valence-corrected chi connectivity index (χ4v) is 3.09. The maximum absolute atomic E-state index is 13.2. The molecule has 1 heterocycles. The third kappa shape index (κ3) is 3.71. The van der Waals surface area contributed by atoms with Gasteiger partial charge in [0.05, 0.1) is 17.8 Å². The van der Waals surface area contributed by atoms with Gasteiger partial charge in [0, 0.05) is 25.4 Å². The van der Waals surface area contributed by atoms with Crippen molar-refractivity contribution in [1.29, 1.82) is 0 Å². The fraction of sp³-hybridized carbons (Fsp3) is 0.130. The van der Waals surface area contributed by atoms with E-state index in [-0.39, 0.29) is 22.5 Å². The number of carboxylic acids is 1. The minimum Gasteiger partial charge on any atom is -0.478 e. The van der Waals surface area contributed by atoms with Gasteiger partial charge >= 0.3 is 5.97 Å².